The fourth-order valence-electron chi connectivity index (χ4n) is 4.81. The van der Waals surface area contributed by atoms with Crippen LogP contribution in [0.1, 0.15) is 23.0 Å². The molecule has 11 nitrogen and oxygen atoms in total. The van der Waals surface area contributed by atoms with Crippen LogP contribution in [0.2, 0.25) is 0 Å². The number of anilines is 1. The molecule has 3 N–H and O–H groups in total. The number of carbonyl (C=O) groups excluding carboxylic acids is 1. The third-order valence-corrected chi connectivity index (χ3v) is 7.07. The van der Waals surface area contributed by atoms with Crippen LogP contribution in [-0.4, -0.2) is 56.9 Å². The first-order chi connectivity index (χ1) is 21.1. The van der Waals surface area contributed by atoms with E-state index in [1.54, 1.807) is 55.5 Å². The number of aromatic nitrogens is 3. The number of fused-ring (bicyclic) bond motifs is 1. The maximum absolute atomic E-state index is 15.3. The zero-order valence-electron chi connectivity index (χ0n) is 24.5. The normalized spacial score (nSPS) is 12.5. The molecule has 0 aliphatic rings. The van der Waals surface area contributed by atoms with Gasteiger partial charge in [-0.3, -0.25) is 19.3 Å². The Morgan fingerprint density at radius 2 is 1.70 bits per heavy atom. The van der Waals surface area contributed by atoms with Gasteiger partial charge in [-0.05, 0) is 50.2 Å². The summed E-state index contributed by atoms with van der Waals surface area (Å²) in [5, 5.41) is 23.3. The van der Waals surface area contributed by atoms with Crippen molar-refractivity contribution < 1.29 is 33.6 Å². The average Bonchev–Trinajstić information content (AvgIpc) is 3.26. The number of halogens is 1. The Labute approximate surface area is 251 Å². The Balaban J connectivity index is 1.44. The molecule has 44 heavy (non-hydrogen) atoms. The number of rotatable bonds is 10. The molecule has 1 amide bonds. The second kappa shape index (κ2) is 12.2. The largest absolute Gasteiger partial charge is 0.493 e. The summed E-state index contributed by atoms with van der Waals surface area (Å²) >= 11 is 0. The van der Waals surface area contributed by atoms with Crippen molar-refractivity contribution >= 4 is 22.5 Å². The zero-order valence-corrected chi connectivity index (χ0v) is 24.5. The number of methoxy groups -OCH3 is 2. The second-order valence-electron chi connectivity index (χ2n) is 10.4. The maximum Gasteiger partial charge on any atom is 0.284 e. The van der Waals surface area contributed by atoms with E-state index in [1.165, 1.54) is 48.8 Å². The third-order valence-electron chi connectivity index (χ3n) is 7.07. The van der Waals surface area contributed by atoms with Crippen molar-refractivity contribution in [2.75, 3.05) is 26.1 Å². The van der Waals surface area contributed by atoms with E-state index in [1.807, 2.05) is 0 Å². The molecule has 228 valence electrons. The van der Waals surface area contributed by atoms with Gasteiger partial charge < -0.3 is 29.7 Å². The summed E-state index contributed by atoms with van der Waals surface area (Å²) in [7, 11) is 3.01. The Morgan fingerprint density at radius 1 is 1.00 bits per heavy atom. The molecule has 0 fully saturated rings. The van der Waals surface area contributed by atoms with E-state index in [0.29, 0.717) is 33.8 Å². The summed E-state index contributed by atoms with van der Waals surface area (Å²) in [5.41, 5.74) is -1.06. The third kappa shape index (κ3) is 5.85. The molecule has 2 heterocycles. The van der Waals surface area contributed by atoms with Gasteiger partial charge in [0.1, 0.15) is 16.9 Å². The van der Waals surface area contributed by atoms with Crippen LogP contribution in [0.3, 0.4) is 0 Å². The Hall–Kier alpha value is -5.20. The Morgan fingerprint density at radius 3 is 2.36 bits per heavy atom. The highest BCUT2D eigenvalue weighted by molar-refractivity contribution is 6.05. The Kier molecular flexibility index (Phi) is 8.39. The lowest BCUT2D eigenvalue weighted by atomic mass is 10.1. The van der Waals surface area contributed by atoms with E-state index >= 15 is 4.39 Å². The minimum absolute atomic E-state index is 0.0889. The van der Waals surface area contributed by atoms with Gasteiger partial charge in [0.15, 0.2) is 23.1 Å². The SMILES string of the molecule is COc1cc2nccc(Oc3ccc(NC(=O)c4c(C)n(CC(C)(O)CO)n(-c5ccccc5)c4=O)cc3F)c2cc1OC. The molecule has 0 saturated heterocycles. The maximum atomic E-state index is 15.3. The van der Waals surface area contributed by atoms with Crippen LogP contribution in [0.4, 0.5) is 10.1 Å². The van der Waals surface area contributed by atoms with Crippen LogP contribution in [-0.2, 0) is 6.54 Å². The number of hydrogen-bond acceptors (Lipinski definition) is 8. The minimum atomic E-state index is -1.57. The highest BCUT2D eigenvalue weighted by Crippen LogP contribution is 2.37. The lowest BCUT2D eigenvalue weighted by Crippen LogP contribution is -2.37. The molecule has 5 aromatic rings. The van der Waals surface area contributed by atoms with Crippen LogP contribution >= 0.6 is 0 Å². The van der Waals surface area contributed by atoms with Gasteiger partial charge in [-0.2, -0.15) is 0 Å². The van der Waals surface area contributed by atoms with Gasteiger partial charge in [-0.15, -0.1) is 0 Å². The van der Waals surface area contributed by atoms with Crippen LogP contribution in [0.5, 0.6) is 23.0 Å². The predicted molar refractivity (Wildman–Crippen MR) is 162 cm³/mol. The van der Waals surface area contributed by atoms with Crippen molar-refractivity contribution in [3.05, 3.63) is 100 Å². The molecule has 0 spiro atoms. The molecular formula is C32H31FN4O7. The fraction of sp³-hybridized carbons (Fsp3) is 0.219. The van der Waals surface area contributed by atoms with Crippen molar-refractivity contribution in [3.63, 3.8) is 0 Å². The van der Waals surface area contributed by atoms with Gasteiger partial charge in [0.25, 0.3) is 11.5 Å². The molecule has 1 atom stereocenters. The van der Waals surface area contributed by atoms with Gasteiger partial charge in [0.2, 0.25) is 0 Å². The number of pyridine rings is 1. The molecule has 0 aliphatic heterocycles. The first-order valence-corrected chi connectivity index (χ1v) is 13.6. The topological polar surface area (TPSA) is 137 Å². The smallest absolute Gasteiger partial charge is 0.284 e. The molecule has 1 unspecified atom stereocenters. The number of nitrogens with zero attached hydrogens (tertiary/aromatic N) is 3. The van der Waals surface area contributed by atoms with E-state index in [4.69, 9.17) is 14.2 Å². The fourth-order valence-corrected chi connectivity index (χ4v) is 4.81. The van der Waals surface area contributed by atoms with E-state index < -0.39 is 29.5 Å². The van der Waals surface area contributed by atoms with Crippen molar-refractivity contribution in [3.8, 4) is 28.7 Å². The molecule has 0 radical (unpaired) electrons. The number of hydrogen-bond donors (Lipinski definition) is 3. The van der Waals surface area contributed by atoms with Crippen molar-refractivity contribution in [2.24, 2.45) is 0 Å². The summed E-state index contributed by atoms with van der Waals surface area (Å²) in [6.45, 7) is 2.24. The quantitative estimate of drug-likeness (QED) is 0.213. The number of aliphatic hydroxyl groups is 2. The summed E-state index contributed by atoms with van der Waals surface area (Å²) in [6, 6.07) is 17.4. The molecule has 0 bridgehead atoms. The van der Waals surface area contributed by atoms with E-state index in [2.05, 4.69) is 10.3 Å². The minimum Gasteiger partial charge on any atom is -0.493 e. The first kappa shape index (κ1) is 30.3. The van der Waals surface area contributed by atoms with Gasteiger partial charge in [0.05, 0.1) is 44.3 Å². The lowest BCUT2D eigenvalue weighted by Gasteiger charge is -2.24. The number of benzene rings is 3. The number of ether oxygens (including phenoxy) is 3. The number of amides is 1. The highest BCUT2D eigenvalue weighted by atomic mass is 19.1. The molecule has 3 aromatic carbocycles. The molecule has 12 heteroatoms. The summed E-state index contributed by atoms with van der Waals surface area (Å²) < 4.78 is 34.5. The van der Waals surface area contributed by atoms with Crippen LogP contribution < -0.4 is 25.1 Å². The standard InChI is InChI=1S/C32H31FN4O7/c1-19-29(31(40)37(21-8-6-5-7-9-21)36(19)17-32(2,41)18-38)30(39)35-20-10-11-26(23(33)14-20)44-25-12-13-34-24-16-28(43-4)27(42-3)15-22(24)25/h5-16,38,41H,17-18H2,1-4H3,(H,35,39). The Bertz CT molecular complexity index is 1900. The number of carbonyl (C=O) groups is 1. The van der Waals surface area contributed by atoms with E-state index in [-0.39, 0.29) is 29.2 Å². The molecule has 0 aliphatic carbocycles. The van der Waals surface area contributed by atoms with Gasteiger partial charge >= 0.3 is 0 Å². The highest BCUT2D eigenvalue weighted by Gasteiger charge is 2.29. The second-order valence-corrected chi connectivity index (χ2v) is 10.4. The molecule has 0 saturated carbocycles. The number of para-hydroxylation sites is 1. The average molecular weight is 603 g/mol. The van der Waals surface area contributed by atoms with Gasteiger partial charge in [-0.1, -0.05) is 18.2 Å². The molecule has 2 aromatic heterocycles. The van der Waals surface area contributed by atoms with E-state index in [0.717, 1.165) is 6.07 Å². The summed E-state index contributed by atoms with van der Waals surface area (Å²) in [6.07, 6.45) is 1.52. The lowest BCUT2D eigenvalue weighted by molar-refractivity contribution is -0.0165. The number of nitrogens with one attached hydrogen (secondary N) is 1. The molecule has 5 rings (SSSR count). The summed E-state index contributed by atoms with van der Waals surface area (Å²) in [5.74, 6) is -0.381. The van der Waals surface area contributed by atoms with Crippen molar-refractivity contribution in [1.29, 1.82) is 0 Å². The van der Waals surface area contributed by atoms with Gasteiger partial charge in [-0.25, -0.2) is 9.07 Å². The molecular weight excluding hydrogens is 571 g/mol. The van der Waals surface area contributed by atoms with Crippen LogP contribution in [0.15, 0.2) is 77.7 Å². The zero-order chi connectivity index (χ0) is 31.6. The monoisotopic (exact) mass is 602 g/mol. The summed E-state index contributed by atoms with van der Waals surface area (Å²) in [4.78, 5) is 31.3. The van der Waals surface area contributed by atoms with Gasteiger partial charge in [0, 0.05) is 29.4 Å². The van der Waals surface area contributed by atoms with Crippen molar-refractivity contribution in [1.82, 2.24) is 14.3 Å². The predicted octanol–water partition coefficient (Wildman–Crippen LogP) is 4.44. The number of aliphatic hydroxyl groups excluding tert-OH is 1. The van der Waals surface area contributed by atoms with Crippen molar-refractivity contribution in [2.45, 2.75) is 26.0 Å². The first-order valence-electron chi connectivity index (χ1n) is 13.6. The van der Waals surface area contributed by atoms with Crippen LogP contribution in [0, 0.1) is 12.7 Å². The van der Waals surface area contributed by atoms with Crippen LogP contribution in [0.25, 0.3) is 16.6 Å². The van der Waals surface area contributed by atoms with E-state index in [9.17, 15) is 19.8 Å².